The number of tetrazole rings is 1. The number of benzene rings is 3. The van der Waals surface area contributed by atoms with E-state index >= 15 is 0 Å². The smallest absolute Gasteiger partial charge is 0.214 e. The van der Waals surface area contributed by atoms with Crippen LogP contribution in [-0.4, -0.2) is 32.5 Å². The first-order valence-corrected chi connectivity index (χ1v) is 10.9. The zero-order chi connectivity index (χ0) is 21.3. The van der Waals surface area contributed by atoms with Crippen molar-refractivity contribution in [3.05, 3.63) is 95.8 Å². The summed E-state index contributed by atoms with van der Waals surface area (Å²) in [7, 11) is 0. The molecule has 4 rings (SSSR count). The van der Waals surface area contributed by atoms with Gasteiger partial charge in [-0.25, -0.2) is 4.39 Å². The van der Waals surface area contributed by atoms with Gasteiger partial charge >= 0.3 is 0 Å². The van der Waals surface area contributed by atoms with Crippen molar-refractivity contribution in [1.29, 1.82) is 0 Å². The Hall–Kier alpha value is -2.94. The van der Waals surface area contributed by atoms with Gasteiger partial charge in [0.25, 0.3) is 0 Å². The Bertz CT molecular complexity index is 1100. The first-order chi connectivity index (χ1) is 15.3. The average Bonchev–Trinajstić information content (AvgIpc) is 3.28. The molecule has 0 aliphatic heterocycles. The first kappa shape index (κ1) is 23.7. The van der Waals surface area contributed by atoms with Crippen LogP contribution in [0.15, 0.2) is 84.0 Å². The van der Waals surface area contributed by atoms with Crippen LogP contribution in [0.2, 0.25) is 0 Å². The molecule has 3 aromatic carbocycles. The van der Waals surface area contributed by atoms with E-state index < -0.39 is 0 Å². The SMILES string of the molecule is Cl.Fc1ccc(COc2cccc(CNCCSc3nnnn3-c3ccccc3)c2)cc1. The molecule has 4 aromatic rings. The summed E-state index contributed by atoms with van der Waals surface area (Å²) in [5, 5.41) is 16.2. The molecule has 0 fully saturated rings. The highest BCUT2D eigenvalue weighted by Gasteiger charge is 2.08. The van der Waals surface area contributed by atoms with E-state index in [1.807, 2.05) is 48.5 Å². The van der Waals surface area contributed by atoms with Gasteiger partial charge in [0.05, 0.1) is 5.69 Å². The molecule has 6 nitrogen and oxygen atoms in total. The molecular weight excluding hydrogens is 449 g/mol. The average molecular weight is 472 g/mol. The maximum atomic E-state index is 13.0. The van der Waals surface area contributed by atoms with E-state index in [2.05, 4.69) is 26.9 Å². The molecule has 0 aliphatic rings. The molecule has 0 unspecified atom stereocenters. The third-order valence-electron chi connectivity index (χ3n) is 4.50. The van der Waals surface area contributed by atoms with E-state index in [0.29, 0.717) is 6.61 Å². The summed E-state index contributed by atoms with van der Waals surface area (Å²) < 4.78 is 20.6. The highest BCUT2D eigenvalue weighted by Crippen LogP contribution is 2.18. The van der Waals surface area contributed by atoms with Crippen molar-refractivity contribution in [3.8, 4) is 11.4 Å². The molecule has 0 saturated heterocycles. The van der Waals surface area contributed by atoms with Gasteiger partial charge in [-0.15, -0.1) is 17.5 Å². The second-order valence-corrected chi connectivity index (χ2v) is 7.86. The second-order valence-electron chi connectivity index (χ2n) is 6.80. The maximum Gasteiger partial charge on any atom is 0.214 e. The Morgan fingerprint density at radius 1 is 0.938 bits per heavy atom. The molecule has 9 heteroatoms. The minimum absolute atomic E-state index is 0. The van der Waals surface area contributed by atoms with Gasteiger partial charge in [0.1, 0.15) is 18.2 Å². The fourth-order valence-corrected chi connectivity index (χ4v) is 3.73. The third-order valence-corrected chi connectivity index (χ3v) is 5.42. The number of nitrogens with one attached hydrogen (secondary N) is 1. The molecule has 0 spiro atoms. The van der Waals surface area contributed by atoms with E-state index in [0.717, 1.165) is 46.6 Å². The van der Waals surface area contributed by atoms with Gasteiger partial charge < -0.3 is 10.1 Å². The summed E-state index contributed by atoms with van der Waals surface area (Å²) in [6, 6.07) is 24.1. The molecule has 0 saturated carbocycles. The zero-order valence-corrected chi connectivity index (χ0v) is 18.9. The summed E-state index contributed by atoms with van der Waals surface area (Å²) in [6.07, 6.45) is 0. The largest absolute Gasteiger partial charge is 0.489 e. The van der Waals surface area contributed by atoms with Crippen molar-refractivity contribution in [2.45, 2.75) is 18.3 Å². The predicted octanol–water partition coefficient (Wildman–Crippen LogP) is 4.68. The van der Waals surface area contributed by atoms with Crippen LogP contribution in [0.4, 0.5) is 4.39 Å². The molecular formula is C23H23ClFN5OS. The third kappa shape index (κ3) is 6.78. The van der Waals surface area contributed by atoms with E-state index in [-0.39, 0.29) is 18.2 Å². The van der Waals surface area contributed by atoms with Gasteiger partial charge in [0, 0.05) is 18.8 Å². The Balaban J connectivity index is 0.00000289. The number of thioether (sulfide) groups is 1. The lowest BCUT2D eigenvalue weighted by molar-refractivity contribution is 0.305. The van der Waals surface area contributed by atoms with Gasteiger partial charge in [-0.2, -0.15) is 4.68 Å². The highest BCUT2D eigenvalue weighted by atomic mass is 35.5. The standard InChI is InChI=1S/C23H22FN5OS.ClH/c24-20-11-9-18(10-12-20)17-30-22-8-4-5-19(15-22)16-25-13-14-31-23-26-27-28-29(23)21-6-2-1-3-7-21;/h1-12,15,25H,13-14,16-17H2;1H. The highest BCUT2D eigenvalue weighted by molar-refractivity contribution is 7.99. The predicted molar refractivity (Wildman–Crippen MR) is 126 cm³/mol. The van der Waals surface area contributed by atoms with Crippen molar-refractivity contribution >= 4 is 24.2 Å². The molecule has 1 aromatic heterocycles. The molecule has 0 aliphatic carbocycles. The van der Waals surface area contributed by atoms with E-state index in [1.165, 1.54) is 12.1 Å². The van der Waals surface area contributed by atoms with Gasteiger partial charge in [-0.05, 0) is 58.0 Å². The van der Waals surface area contributed by atoms with Crippen LogP contribution < -0.4 is 10.1 Å². The van der Waals surface area contributed by atoms with Crippen LogP contribution in [0.25, 0.3) is 5.69 Å². The Morgan fingerprint density at radius 3 is 2.56 bits per heavy atom. The molecule has 0 radical (unpaired) electrons. The maximum absolute atomic E-state index is 13.0. The first-order valence-electron chi connectivity index (χ1n) is 9.91. The Labute approximate surface area is 196 Å². The number of ether oxygens (including phenoxy) is 1. The quantitative estimate of drug-likeness (QED) is 0.267. The summed E-state index contributed by atoms with van der Waals surface area (Å²) in [6.45, 7) is 1.95. The number of halogens is 2. The summed E-state index contributed by atoms with van der Waals surface area (Å²) in [5.41, 5.74) is 3.01. The topological polar surface area (TPSA) is 64.9 Å². The lowest BCUT2D eigenvalue weighted by atomic mass is 10.2. The van der Waals surface area contributed by atoms with Gasteiger partial charge in [-0.3, -0.25) is 0 Å². The van der Waals surface area contributed by atoms with Crippen molar-refractivity contribution < 1.29 is 9.13 Å². The van der Waals surface area contributed by atoms with Crippen LogP contribution in [-0.2, 0) is 13.2 Å². The van der Waals surface area contributed by atoms with E-state index in [9.17, 15) is 4.39 Å². The number of para-hydroxylation sites is 1. The zero-order valence-electron chi connectivity index (χ0n) is 17.2. The number of nitrogens with zero attached hydrogens (tertiary/aromatic N) is 4. The Morgan fingerprint density at radius 2 is 1.75 bits per heavy atom. The molecule has 0 atom stereocenters. The van der Waals surface area contributed by atoms with E-state index in [4.69, 9.17) is 4.74 Å². The molecule has 1 N–H and O–H groups in total. The summed E-state index contributed by atoms with van der Waals surface area (Å²) in [4.78, 5) is 0. The van der Waals surface area contributed by atoms with Crippen LogP contribution >= 0.6 is 24.2 Å². The molecule has 1 heterocycles. The van der Waals surface area contributed by atoms with Crippen molar-refractivity contribution in [1.82, 2.24) is 25.5 Å². The molecule has 0 amide bonds. The normalized spacial score (nSPS) is 10.5. The van der Waals surface area contributed by atoms with E-state index in [1.54, 1.807) is 28.6 Å². The monoisotopic (exact) mass is 471 g/mol. The van der Waals surface area contributed by atoms with Crippen LogP contribution in [0.5, 0.6) is 5.75 Å². The fraction of sp³-hybridized carbons (Fsp3) is 0.174. The van der Waals surface area contributed by atoms with Crippen molar-refractivity contribution in [2.75, 3.05) is 12.3 Å². The van der Waals surface area contributed by atoms with Gasteiger partial charge in [-0.1, -0.05) is 54.2 Å². The van der Waals surface area contributed by atoms with Crippen LogP contribution in [0.1, 0.15) is 11.1 Å². The van der Waals surface area contributed by atoms with Crippen LogP contribution in [0.3, 0.4) is 0 Å². The lowest BCUT2D eigenvalue weighted by Crippen LogP contribution is -2.16. The van der Waals surface area contributed by atoms with Gasteiger partial charge in [0.15, 0.2) is 0 Å². The fourth-order valence-electron chi connectivity index (χ4n) is 2.94. The van der Waals surface area contributed by atoms with Crippen molar-refractivity contribution in [2.24, 2.45) is 0 Å². The summed E-state index contributed by atoms with van der Waals surface area (Å²) in [5.74, 6) is 1.39. The number of hydrogen-bond acceptors (Lipinski definition) is 6. The minimum Gasteiger partial charge on any atom is -0.489 e. The summed E-state index contributed by atoms with van der Waals surface area (Å²) >= 11 is 1.61. The molecule has 166 valence electrons. The second kappa shape index (κ2) is 12.2. The van der Waals surface area contributed by atoms with Crippen LogP contribution in [0, 0.1) is 5.82 Å². The lowest BCUT2D eigenvalue weighted by Gasteiger charge is -2.09. The minimum atomic E-state index is -0.244. The number of hydrogen-bond donors (Lipinski definition) is 1. The van der Waals surface area contributed by atoms with Gasteiger partial charge in [0.2, 0.25) is 5.16 Å². The molecule has 0 bridgehead atoms. The Kier molecular flexibility index (Phi) is 9.03. The number of aromatic nitrogens is 4. The molecule has 32 heavy (non-hydrogen) atoms. The number of rotatable bonds is 10. The van der Waals surface area contributed by atoms with Crippen molar-refractivity contribution in [3.63, 3.8) is 0 Å².